The molecule has 3 nitrogen and oxygen atoms in total. The largest absolute Gasteiger partial charge is 0.308 e. The number of nitrogens with zero attached hydrogens (tertiary/aromatic N) is 1. The van der Waals surface area contributed by atoms with E-state index in [1.165, 1.54) is 35.7 Å². The van der Waals surface area contributed by atoms with Crippen LogP contribution in [0.1, 0.15) is 44.0 Å². The van der Waals surface area contributed by atoms with Crippen LogP contribution in [0, 0.1) is 0 Å². The number of aromatic nitrogens is 2. The summed E-state index contributed by atoms with van der Waals surface area (Å²) >= 11 is 1.98. The molecule has 1 aromatic rings. The lowest BCUT2D eigenvalue weighted by atomic mass is 10.2. The van der Waals surface area contributed by atoms with Gasteiger partial charge in [-0.05, 0) is 31.6 Å². The Kier molecular flexibility index (Phi) is 4.29. The van der Waals surface area contributed by atoms with Crippen molar-refractivity contribution in [1.82, 2.24) is 15.5 Å². The lowest BCUT2D eigenvalue weighted by molar-refractivity contribution is 0.587. The molecule has 4 heteroatoms. The van der Waals surface area contributed by atoms with Crippen molar-refractivity contribution in [2.45, 2.75) is 45.2 Å². The maximum atomic E-state index is 4.35. The first-order chi connectivity index (χ1) is 7.79. The van der Waals surface area contributed by atoms with Crippen molar-refractivity contribution in [2.24, 2.45) is 0 Å². The quantitative estimate of drug-likeness (QED) is 0.768. The molecule has 2 rings (SSSR count). The number of hydrogen-bond acceptors (Lipinski definition) is 3. The van der Waals surface area contributed by atoms with E-state index < -0.39 is 0 Å². The highest BCUT2D eigenvalue weighted by Gasteiger charge is 2.25. The SMILES string of the molecule is CCSC[C@@H](C)NCc1cc(C2CC2)n[nH]1. The van der Waals surface area contributed by atoms with Crippen molar-refractivity contribution >= 4 is 11.8 Å². The van der Waals surface area contributed by atoms with Crippen LogP contribution >= 0.6 is 11.8 Å². The molecule has 1 aliphatic carbocycles. The highest BCUT2D eigenvalue weighted by molar-refractivity contribution is 7.99. The normalized spacial score (nSPS) is 17.6. The molecule has 1 atom stereocenters. The minimum Gasteiger partial charge on any atom is -0.308 e. The molecule has 0 amide bonds. The molecule has 0 aliphatic heterocycles. The second-order valence-corrected chi connectivity index (χ2v) is 5.85. The number of nitrogens with one attached hydrogen (secondary N) is 2. The van der Waals surface area contributed by atoms with Gasteiger partial charge in [-0.2, -0.15) is 16.9 Å². The fraction of sp³-hybridized carbons (Fsp3) is 0.750. The van der Waals surface area contributed by atoms with Crippen molar-refractivity contribution in [3.8, 4) is 0 Å². The molecule has 0 radical (unpaired) electrons. The molecule has 1 fully saturated rings. The summed E-state index contributed by atoms with van der Waals surface area (Å²) in [5, 5.41) is 11.0. The Morgan fingerprint density at radius 3 is 3.12 bits per heavy atom. The van der Waals surface area contributed by atoms with Gasteiger partial charge in [-0.25, -0.2) is 0 Å². The van der Waals surface area contributed by atoms with Gasteiger partial charge in [0, 0.05) is 30.0 Å². The first kappa shape index (κ1) is 12.0. The van der Waals surface area contributed by atoms with Crippen molar-refractivity contribution in [3.05, 3.63) is 17.5 Å². The zero-order valence-corrected chi connectivity index (χ0v) is 10.9. The molecule has 0 saturated heterocycles. The van der Waals surface area contributed by atoms with Crippen LogP contribution in [-0.4, -0.2) is 27.7 Å². The first-order valence-electron chi connectivity index (χ1n) is 6.15. The maximum Gasteiger partial charge on any atom is 0.0656 e. The molecule has 1 saturated carbocycles. The Labute approximate surface area is 102 Å². The van der Waals surface area contributed by atoms with Crippen molar-refractivity contribution in [3.63, 3.8) is 0 Å². The molecule has 0 spiro atoms. The Morgan fingerprint density at radius 2 is 2.44 bits per heavy atom. The number of H-pyrrole nitrogens is 1. The summed E-state index contributed by atoms with van der Waals surface area (Å²) < 4.78 is 0. The van der Waals surface area contributed by atoms with E-state index in [4.69, 9.17) is 0 Å². The predicted octanol–water partition coefficient (Wildman–Crippen LogP) is 2.52. The zero-order chi connectivity index (χ0) is 11.4. The van der Waals surface area contributed by atoms with Crippen molar-refractivity contribution in [1.29, 1.82) is 0 Å². The van der Waals surface area contributed by atoms with Crippen LogP contribution in [0.15, 0.2) is 6.07 Å². The molecule has 0 aromatic carbocycles. The fourth-order valence-electron chi connectivity index (χ4n) is 1.70. The molecule has 90 valence electrons. The third-order valence-corrected chi connectivity index (χ3v) is 4.00. The summed E-state index contributed by atoms with van der Waals surface area (Å²) in [5.41, 5.74) is 2.47. The highest BCUT2D eigenvalue weighted by atomic mass is 32.2. The van der Waals surface area contributed by atoms with E-state index in [0.29, 0.717) is 6.04 Å². The van der Waals surface area contributed by atoms with Crippen molar-refractivity contribution in [2.75, 3.05) is 11.5 Å². The van der Waals surface area contributed by atoms with Gasteiger partial charge in [-0.15, -0.1) is 0 Å². The smallest absolute Gasteiger partial charge is 0.0656 e. The van der Waals surface area contributed by atoms with E-state index in [1.54, 1.807) is 0 Å². The number of thioether (sulfide) groups is 1. The Balaban J connectivity index is 1.71. The molecule has 0 bridgehead atoms. The Hall–Kier alpha value is -0.480. The Morgan fingerprint density at radius 1 is 1.62 bits per heavy atom. The zero-order valence-electron chi connectivity index (χ0n) is 10.1. The van der Waals surface area contributed by atoms with Crippen LogP contribution in [-0.2, 0) is 6.54 Å². The predicted molar refractivity (Wildman–Crippen MR) is 69.9 cm³/mol. The third kappa shape index (κ3) is 3.52. The van der Waals surface area contributed by atoms with Crippen LogP contribution in [0.25, 0.3) is 0 Å². The lowest BCUT2D eigenvalue weighted by Gasteiger charge is -2.11. The van der Waals surface area contributed by atoms with E-state index in [0.717, 1.165) is 12.5 Å². The summed E-state index contributed by atoms with van der Waals surface area (Å²) in [5.74, 6) is 3.13. The standard InChI is InChI=1S/C12H21N3S/c1-3-16-8-9(2)13-7-11-6-12(15-14-11)10-4-5-10/h6,9-10,13H,3-5,7-8H2,1-2H3,(H,14,15)/t9-/m1/s1. The summed E-state index contributed by atoms with van der Waals surface area (Å²) in [4.78, 5) is 0. The van der Waals surface area contributed by atoms with Crippen molar-refractivity contribution < 1.29 is 0 Å². The van der Waals surface area contributed by atoms with Crippen LogP contribution in [0.4, 0.5) is 0 Å². The van der Waals surface area contributed by atoms with E-state index >= 15 is 0 Å². The Bertz CT molecular complexity index is 320. The third-order valence-electron chi connectivity index (χ3n) is 2.86. The van der Waals surface area contributed by atoms with Crippen LogP contribution in [0.5, 0.6) is 0 Å². The first-order valence-corrected chi connectivity index (χ1v) is 7.30. The van der Waals surface area contributed by atoms with Gasteiger partial charge in [0.1, 0.15) is 0 Å². The van der Waals surface area contributed by atoms with Gasteiger partial charge in [-0.1, -0.05) is 6.92 Å². The molecular formula is C12H21N3S. The maximum absolute atomic E-state index is 4.35. The minimum absolute atomic E-state index is 0.567. The summed E-state index contributed by atoms with van der Waals surface area (Å²) in [6.45, 7) is 5.35. The molecule has 16 heavy (non-hydrogen) atoms. The average Bonchev–Trinajstić information content (AvgIpc) is 3.03. The second-order valence-electron chi connectivity index (χ2n) is 4.53. The van der Waals surface area contributed by atoms with Gasteiger partial charge in [-0.3, -0.25) is 5.10 Å². The highest BCUT2D eigenvalue weighted by Crippen LogP contribution is 2.38. The monoisotopic (exact) mass is 239 g/mol. The number of hydrogen-bond donors (Lipinski definition) is 2. The topological polar surface area (TPSA) is 40.7 Å². The lowest BCUT2D eigenvalue weighted by Crippen LogP contribution is -2.27. The number of aromatic amines is 1. The van der Waals surface area contributed by atoms with Gasteiger partial charge >= 0.3 is 0 Å². The van der Waals surface area contributed by atoms with E-state index in [2.05, 4.69) is 35.4 Å². The number of rotatable bonds is 7. The van der Waals surface area contributed by atoms with E-state index in [1.807, 2.05) is 11.8 Å². The van der Waals surface area contributed by atoms with Gasteiger partial charge < -0.3 is 5.32 Å². The molecular weight excluding hydrogens is 218 g/mol. The summed E-state index contributed by atoms with van der Waals surface area (Å²) in [7, 11) is 0. The molecule has 1 heterocycles. The van der Waals surface area contributed by atoms with Gasteiger partial charge in [0.25, 0.3) is 0 Å². The minimum atomic E-state index is 0.567. The average molecular weight is 239 g/mol. The van der Waals surface area contributed by atoms with Crippen LogP contribution in [0.2, 0.25) is 0 Å². The molecule has 0 unspecified atom stereocenters. The van der Waals surface area contributed by atoms with Gasteiger partial charge in [0.05, 0.1) is 5.69 Å². The van der Waals surface area contributed by atoms with Crippen LogP contribution < -0.4 is 5.32 Å². The van der Waals surface area contributed by atoms with E-state index in [-0.39, 0.29) is 0 Å². The van der Waals surface area contributed by atoms with E-state index in [9.17, 15) is 0 Å². The van der Waals surface area contributed by atoms with Gasteiger partial charge in [0.2, 0.25) is 0 Å². The molecule has 1 aromatic heterocycles. The van der Waals surface area contributed by atoms with Gasteiger partial charge in [0.15, 0.2) is 0 Å². The summed E-state index contributed by atoms with van der Waals surface area (Å²) in [6.07, 6.45) is 2.64. The second kappa shape index (κ2) is 5.73. The summed E-state index contributed by atoms with van der Waals surface area (Å²) in [6, 6.07) is 2.78. The molecule has 2 N–H and O–H groups in total. The molecule has 1 aliphatic rings. The van der Waals surface area contributed by atoms with Crippen LogP contribution in [0.3, 0.4) is 0 Å². The fourth-order valence-corrected chi connectivity index (χ4v) is 2.40.